The third kappa shape index (κ3) is 4.35. The Bertz CT molecular complexity index is 642. The molecule has 0 aromatic heterocycles. The first kappa shape index (κ1) is 19.3. The highest BCUT2D eigenvalue weighted by Crippen LogP contribution is 2.37. The van der Waals surface area contributed by atoms with Gasteiger partial charge in [0.15, 0.2) is 17.0 Å². The van der Waals surface area contributed by atoms with Gasteiger partial charge in [-0.05, 0) is 25.5 Å². The molecule has 0 radical (unpaired) electrons. The van der Waals surface area contributed by atoms with Crippen LogP contribution >= 0.6 is 11.6 Å². The second-order valence-corrected chi connectivity index (χ2v) is 6.12. The van der Waals surface area contributed by atoms with Crippen molar-refractivity contribution in [1.29, 1.82) is 0 Å². The molecule has 0 saturated carbocycles. The van der Waals surface area contributed by atoms with Gasteiger partial charge in [-0.3, -0.25) is 4.79 Å². The summed E-state index contributed by atoms with van der Waals surface area (Å²) in [6, 6.07) is 2.94. The number of carbonyl (C=O) groups excluding carboxylic acids is 1. The van der Waals surface area contributed by atoms with Crippen LogP contribution in [0.4, 0.5) is 0 Å². The van der Waals surface area contributed by atoms with E-state index in [0.29, 0.717) is 24.7 Å². The molecule has 1 aromatic rings. The maximum Gasteiger partial charge on any atom is 0.331 e. The van der Waals surface area contributed by atoms with Crippen molar-refractivity contribution in [3.63, 3.8) is 0 Å². The van der Waals surface area contributed by atoms with Crippen LogP contribution in [-0.2, 0) is 9.53 Å². The Morgan fingerprint density at radius 1 is 1.36 bits per heavy atom. The van der Waals surface area contributed by atoms with Gasteiger partial charge in [0.25, 0.3) is 5.91 Å². The molecular weight excluding hydrogens is 350 g/mol. The molecule has 1 aromatic carbocycles. The standard InChI is InChI=1S/C17H22ClNO6/c1-3-6-25-14-12(18)8-11(9-13(14)24-4-2)15(20)19-17(16(21)22)5-7-23-10-17/h8-9H,3-7,10H2,1-2H3,(H,19,20)(H,21,22). The van der Waals surface area contributed by atoms with Gasteiger partial charge in [-0.25, -0.2) is 4.79 Å². The van der Waals surface area contributed by atoms with E-state index in [4.69, 9.17) is 25.8 Å². The molecule has 0 aliphatic carbocycles. The number of amides is 1. The summed E-state index contributed by atoms with van der Waals surface area (Å²) >= 11 is 6.24. The number of carboxylic acid groups (broad SMARTS) is 1. The summed E-state index contributed by atoms with van der Waals surface area (Å²) in [6.07, 6.45) is 1.00. The first-order chi connectivity index (χ1) is 11.9. The zero-order valence-corrected chi connectivity index (χ0v) is 15.0. The van der Waals surface area contributed by atoms with E-state index in [-0.39, 0.29) is 30.2 Å². The number of hydrogen-bond acceptors (Lipinski definition) is 5. The molecule has 1 saturated heterocycles. The molecule has 0 bridgehead atoms. The van der Waals surface area contributed by atoms with Crippen LogP contribution in [0.2, 0.25) is 5.02 Å². The summed E-state index contributed by atoms with van der Waals surface area (Å²) in [4.78, 5) is 24.1. The van der Waals surface area contributed by atoms with Crippen LogP contribution in [0.5, 0.6) is 11.5 Å². The quantitative estimate of drug-likeness (QED) is 0.729. The average Bonchev–Trinajstić information content (AvgIpc) is 3.04. The monoisotopic (exact) mass is 371 g/mol. The van der Waals surface area contributed by atoms with E-state index in [1.54, 1.807) is 6.92 Å². The SMILES string of the molecule is CCCOc1c(Cl)cc(C(=O)NC2(C(=O)O)CCOC2)cc1OCC. The lowest BCUT2D eigenvalue weighted by Crippen LogP contribution is -2.55. The first-order valence-corrected chi connectivity index (χ1v) is 8.54. The van der Waals surface area contributed by atoms with Gasteiger partial charge in [0.2, 0.25) is 0 Å². The van der Waals surface area contributed by atoms with Crippen LogP contribution in [-0.4, -0.2) is 48.9 Å². The largest absolute Gasteiger partial charge is 0.490 e. The second kappa shape index (κ2) is 8.40. The molecule has 138 valence electrons. The molecule has 1 amide bonds. The molecule has 1 atom stereocenters. The third-order valence-corrected chi connectivity index (χ3v) is 4.09. The highest BCUT2D eigenvalue weighted by molar-refractivity contribution is 6.32. The number of benzene rings is 1. The Labute approximate surface area is 151 Å². The Kier molecular flexibility index (Phi) is 6.50. The van der Waals surface area contributed by atoms with E-state index < -0.39 is 17.4 Å². The zero-order valence-electron chi connectivity index (χ0n) is 14.3. The summed E-state index contributed by atoms with van der Waals surface area (Å²) in [6.45, 7) is 4.81. The third-order valence-electron chi connectivity index (χ3n) is 3.81. The number of nitrogens with one attached hydrogen (secondary N) is 1. The van der Waals surface area contributed by atoms with Crippen LogP contribution in [0, 0.1) is 0 Å². The maximum absolute atomic E-state index is 12.6. The number of halogens is 1. The molecule has 0 spiro atoms. The smallest absolute Gasteiger partial charge is 0.331 e. The van der Waals surface area contributed by atoms with Crippen LogP contribution < -0.4 is 14.8 Å². The minimum Gasteiger partial charge on any atom is -0.490 e. The number of rotatable bonds is 8. The topological polar surface area (TPSA) is 94.1 Å². The van der Waals surface area contributed by atoms with E-state index in [9.17, 15) is 14.7 Å². The van der Waals surface area contributed by atoms with Crippen LogP contribution in [0.25, 0.3) is 0 Å². The van der Waals surface area contributed by atoms with Crippen LogP contribution in [0.15, 0.2) is 12.1 Å². The van der Waals surface area contributed by atoms with Gasteiger partial charge in [0.05, 0.1) is 24.8 Å². The Hall–Kier alpha value is -1.99. The fourth-order valence-corrected chi connectivity index (χ4v) is 2.75. The summed E-state index contributed by atoms with van der Waals surface area (Å²) in [5.41, 5.74) is -1.22. The molecule has 25 heavy (non-hydrogen) atoms. The van der Waals surface area contributed by atoms with E-state index in [2.05, 4.69) is 5.32 Å². The Balaban J connectivity index is 2.28. The van der Waals surface area contributed by atoms with Gasteiger partial charge in [0, 0.05) is 18.6 Å². The van der Waals surface area contributed by atoms with Crippen molar-refractivity contribution < 1.29 is 28.9 Å². The predicted molar refractivity (Wildman–Crippen MR) is 91.7 cm³/mol. The number of hydrogen-bond donors (Lipinski definition) is 2. The van der Waals surface area contributed by atoms with E-state index in [1.807, 2.05) is 6.92 Å². The van der Waals surface area contributed by atoms with Crippen molar-refractivity contribution in [2.24, 2.45) is 0 Å². The van der Waals surface area contributed by atoms with E-state index >= 15 is 0 Å². The lowest BCUT2D eigenvalue weighted by molar-refractivity contribution is -0.144. The zero-order chi connectivity index (χ0) is 18.4. The number of carboxylic acids is 1. The van der Waals surface area contributed by atoms with Crippen LogP contribution in [0.3, 0.4) is 0 Å². The van der Waals surface area contributed by atoms with Gasteiger partial charge in [-0.2, -0.15) is 0 Å². The van der Waals surface area contributed by atoms with Gasteiger partial charge < -0.3 is 24.6 Å². The Morgan fingerprint density at radius 3 is 2.68 bits per heavy atom. The van der Waals surface area contributed by atoms with E-state index in [0.717, 1.165) is 6.42 Å². The van der Waals surface area contributed by atoms with Gasteiger partial charge >= 0.3 is 5.97 Å². The molecule has 1 aliphatic heterocycles. The Morgan fingerprint density at radius 2 is 2.12 bits per heavy atom. The predicted octanol–water partition coefficient (Wildman–Crippen LogP) is 2.50. The number of carbonyl (C=O) groups is 2. The minimum atomic E-state index is -1.42. The van der Waals surface area contributed by atoms with Crippen molar-refractivity contribution >= 4 is 23.5 Å². The van der Waals surface area contributed by atoms with Gasteiger partial charge in [-0.15, -0.1) is 0 Å². The molecule has 2 N–H and O–H groups in total. The highest BCUT2D eigenvalue weighted by atomic mass is 35.5. The van der Waals surface area contributed by atoms with Crippen molar-refractivity contribution in [3.8, 4) is 11.5 Å². The summed E-state index contributed by atoms with van der Waals surface area (Å²) in [5, 5.41) is 12.2. The lowest BCUT2D eigenvalue weighted by Gasteiger charge is -2.24. The summed E-state index contributed by atoms with van der Waals surface area (Å²) in [7, 11) is 0. The molecule has 1 unspecified atom stereocenters. The molecule has 7 nitrogen and oxygen atoms in total. The fourth-order valence-electron chi connectivity index (χ4n) is 2.48. The van der Waals surface area contributed by atoms with Crippen molar-refractivity contribution in [3.05, 3.63) is 22.7 Å². The molecule has 8 heteroatoms. The van der Waals surface area contributed by atoms with Gasteiger partial charge in [0.1, 0.15) is 0 Å². The lowest BCUT2D eigenvalue weighted by atomic mass is 9.98. The molecule has 1 fully saturated rings. The maximum atomic E-state index is 12.6. The average molecular weight is 372 g/mol. The highest BCUT2D eigenvalue weighted by Gasteiger charge is 2.44. The normalized spacial score (nSPS) is 19.5. The fraction of sp³-hybridized carbons (Fsp3) is 0.529. The second-order valence-electron chi connectivity index (χ2n) is 5.71. The first-order valence-electron chi connectivity index (χ1n) is 8.16. The summed E-state index contributed by atoms with van der Waals surface area (Å²) < 4.78 is 16.3. The molecular formula is C17H22ClNO6. The molecule has 1 aliphatic rings. The van der Waals surface area contributed by atoms with E-state index in [1.165, 1.54) is 12.1 Å². The molecule has 2 rings (SSSR count). The number of ether oxygens (including phenoxy) is 3. The molecule has 1 heterocycles. The minimum absolute atomic E-state index is 0.0716. The van der Waals surface area contributed by atoms with Gasteiger partial charge in [-0.1, -0.05) is 18.5 Å². The van der Waals surface area contributed by atoms with Crippen molar-refractivity contribution in [2.75, 3.05) is 26.4 Å². The van der Waals surface area contributed by atoms with Crippen molar-refractivity contribution in [1.82, 2.24) is 5.32 Å². The summed E-state index contributed by atoms with van der Waals surface area (Å²) in [5.74, 6) is -0.963. The number of aliphatic carboxylic acids is 1. The van der Waals surface area contributed by atoms with Crippen LogP contribution in [0.1, 0.15) is 37.0 Å². The van der Waals surface area contributed by atoms with Crippen molar-refractivity contribution in [2.45, 2.75) is 32.2 Å².